The van der Waals surface area contributed by atoms with E-state index in [1.54, 1.807) is 12.1 Å². The Bertz CT molecular complexity index is 492. The Kier molecular flexibility index (Phi) is 8.10. The minimum Gasteiger partial charge on any atom is -0.317 e. The third kappa shape index (κ3) is 5.39. The van der Waals surface area contributed by atoms with Crippen molar-refractivity contribution in [3.8, 4) is 0 Å². The Labute approximate surface area is 142 Å². The highest BCUT2D eigenvalue weighted by molar-refractivity contribution is 6.32. The summed E-state index contributed by atoms with van der Waals surface area (Å²) in [5.41, 5.74) is 0.951. The Morgan fingerprint density at radius 3 is 2.68 bits per heavy atom. The van der Waals surface area contributed by atoms with Gasteiger partial charge in [-0.2, -0.15) is 0 Å². The lowest BCUT2D eigenvalue weighted by Crippen LogP contribution is -2.36. The lowest BCUT2D eigenvalue weighted by atomic mass is 9.96. The minimum absolute atomic E-state index is 0. The van der Waals surface area contributed by atoms with E-state index in [4.69, 9.17) is 11.6 Å². The summed E-state index contributed by atoms with van der Waals surface area (Å²) in [6, 6.07) is 5.08. The monoisotopic (exact) mass is 347 g/mol. The number of likely N-dealkylation sites (tertiary alicyclic amines) is 1. The normalized spacial score (nSPS) is 16.3. The van der Waals surface area contributed by atoms with Crippen LogP contribution >= 0.6 is 24.0 Å². The Hall–Kier alpha value is -0.880. The van der Waals surface area contributed by atoms with Crippen molar-refractivity contribution in [1.29, 1.82) is 0 Å². The molecule has 1 aromatic carbocycles. The van der Waals surface area contributed by atoms with E-state index in [2.05, 4.69) is 17.1 Å². The van der Waals surface area contributed by atoms with Crippen molar-refractivity contribution >= 4 is 29.7 Å². The number of nitro benzene ring substituents is 1. The average molecular weight is 348 g/mol. The third-order valence-electron chi connectivity index (χ3n) is 4.00. The van der Waals surface area contributed by atoms with Gasteiger partial charge >= 0.3 is 0 Å². The zero-order valence-corrected chi connectivity index (χ0v) is 14.3. The molecule has 0 aliphatic carbocycles. The molecule has 124 valence electrons. The van der Waals surface area contributed by atoms with Crippen LogP contribution in [0.5, 0.6) is 0 Å². The van der Waals surface area contributed by atoms with Gasteiger partial charge in [-0.05, 0) is 56.6 Å². The van der Waals surface area contributed by atoms with E-state index >= 15 is 0 Å². The Morgan fingerprint density at radius 2 is 2.09 bits per heavy atom. The number of piperidine rings is 1. The number of rotatable bonds is 6. The third-order valence-corrected chi connectivity index (χ3v) is 4.32. The van der Waals surface area contributed by atoms with Crippen LogP contribution in [0.4, 0.5) is 5.69 Å². The van der Waals surface area contributed by atoms with Crippen molar-refractivity contribution in [2.75, 3.05) is 26.2 Å². The number of hydrogen-bond donors (Lipinski definition) is 1. The molecular formula is C15H23Cl2N3O2. The maximum absolute atomic E-state index is 10.9. The number of halogens is 2. The summed E-state index contributed by atoms with van der Waals surface area (Å²) >= 11 is 5.84. The van der Waals surface area contributed by atoms with Crippen LogP contribution in [-0.2, 0) is 6.54 Å². The van der Waals surface area contributed by atoms with E-state index in [0.717, 1.165) is 44.2 Å². The molecule has 1 aliphatic rings. The first kappa shape index (κ1) is 19.2. The average Bonchev–Trinajstić information content (AvgIpc) is 2.48. The fourth-order valence-corrected chi connectivity index (χ4v) is 2.94. The molecule has 0 saturated carbocycles. The molecule has 0 radical (unpaired) electrons. The van der Waals surface area contributed by atoms with Crippen LogP contribution in [0.3, 0.4) is 0 Å². The van der Waals surface area contributed by atoms with E-state index in [0.29, 0.717) is 0 Å². The van der Waals surface area contributed by atoms with Crippen molar-refractivity contribution < 1.29 is 4.92 Å². The first-order chi connectivity index (χ1) is 10.1. The molecule has 0 bridgehead atoms. The SMILES string of the molecule is CCNCC1CCN(Cc2ccc(Cl)c([N+](=O)[O-])c2)CC1.Cl. The molecule has 0 aromatic heterocycles. The summed E-state index contributed by atoms with van der Waals surface area (Å²) in [4.78, 5) is 12.8. The number of benzene rings is 1. The second kappa shape index (κ2) is 9.30. The number of nitrogens with one attached hydrogen (secondary N) is 1. The highest BCUT2D eigenvalue weighted by Crippen LogP contribution is 2.26. The second-order valence-electron chi connectivity index (χ2n) is 5.57. The van der Waals surface area contributed by atoms with Gasteiger partial charge in [-0.1, -0.05) is 24.6 Å². The van der Waals surface area contributed by atoms with Gasteiger partial charge in [-0.3, -0.25) is 15.0 Å². The molecule has 1 aliphatic heterocycles. The lowest BCUT2D eigenvalue weighted by Gasteiger charge is -2.32. The first-order valence-corrected chi connectivity index (χ1v) is 7.83. The van der Waals surface area contributed by atoms with Crippen LogP contribution in [-0.4, -0.2) is 36.0 Å². The molecular weight excluding hydrogens is 325 g/mol. The van der Waals surface area contributed by atoms with Gasteiger partial charge in [0.05, 0.1) is 4.92 Å². The molecule has 1 aromatic rings. The summed E-state index contributed by atoms with van der Waals surface area (Å²) < 4.78 is 0. The van der Waals surface area contributed by atoms with Crippen molar-refractivity contribution in [1.82, 2.24) is 10.2 Å². The fourth-order valence-electron chi connectivity index (χ4n) is 2.75. The number of nitrogens with zero attached hydrogens (tertiary/aromatic N) is 2. The van der Waals surface area contributed by atoms with E-state index in [1.807, 2.05) is 6.07 Å². The van der Waals surface area contributed by atoms with Crippen LogP contribution in [0.2, 0.25) is 5.02 Å². The van der Waals surface area contributed by atoms with Crippen molar-refractivity contribution in [3.63, 3.8) is 0 Å². The summed E-state index contributed by atoms with van der Waals surface area (Å²) in [6.45, 7) is 7.10. The van der Waals surface area contributed by atoms with Crippen molar-refractivity contribution in [2.45, 2.75) is 26.3 Å². The van der Waals surface area contributed by atoms with Crippen molar-refractivity contribution in [3.05, 3.63) is 38.9 Å². The molecule has 22 heavy (non-hydrogen) atoms. The fraction of sp³-hybridized carbons (Fsp3) is 0.600. The van der Waals surface area contributed by atoms with E-state index < -0.39 is 4.92 Å². The number of nitro groups is 1. The quantitative estimate of drug-likeness (QED) is 0.632. The van der Waals surface area contributed by atoms with Gasteiger partial charge in [0.25, 0.3) is 5.69 Å². The molecule has 1 heterocycles. The van der Waals surface area contributed by atoms with Gasteiger partial charge in [-0.15, -0.1) is 12.4 Å². The van der Waals surface area contributed by atoms with Gasteiger partial charge in [0, 0.05) is 12.6 Å². The summed E-state index contributed by atoms with van der Waals surface area (Å²) in [6.07, 6.45) is 2.37. The van der Waals surface area contributed by atoms with E-state index in [-0.39, 0.29) is 23.1 Å². The highest BCUT2D eigenvalue weighted by Gasteiger charge is 2.20. The summed E-state index contributed by atoms with van der Waals surface area (Å²) in [5, 5.41) is 14.5. The zero-order valence-electron chi connectivity index (χ0n) is 12.8. The zero-order chi connectivity index (χ0) is 15.2. The largest absolute Gasteiger partial charge is 0.317 e. The predicted octanol–water partition coefficient (Wildman–Crippen LogP) is 3.49. The van der Waals surface area contributed by atoms with Crippen LogP contribution < -0.4 is 5.32 Å². The van der Waals surface area contributed by atoms with Crippen LogP contribution in [0.1, 0.15) is 25.3 Å². The van der Waals surface area contributed by atoms with Gasteiger partial charge < -0.3 is 5.32 Å². The molecule has 1 fully saturated rings. The molecule has 0 spiro atoms. The second-order valence-corrected chi connectivity index (χ2v) is 5.98. The van der Waals surface area contributed by atoms with Gasteiger partial charge in [0.1, 0.15) is 5.02 Å². The topological polar surface area (TPSA) is 58.4 Å². The molecule has 0 unspecified atom stereocenters. The summed E-state index contributed by atoms with van der Waals surface area (Å²) in [5.74, 6) is 0.751. The Morgan fingerprint density at radius 1 is 1.41 bits per heavy atom. The first-order valence-electron chi connectivity index (χ1n) is 7.46. The molecule has 7 heteroatoms. The van der Waals surface area contributed by atoms with Crippen LogP contribution in [0.15, 0.2) is 18.2 Å². The van der Waals surface area contributed by atoms with Gasteiger partial charge in [0.15, 0.2) is 0 Å². The van der Waals surface area contributed by atoms with Crippen molar-refractivity contribution in [2.24, 2.45) is 5.92 Å². The molecule has 5 nitrogen and oxygen atoms in total. The molecule has 0 atom stereocenters. The predicted molar refractivity (Wildman–Crippen MR) is 91.9 cm³/mol. The minimum atomic E-state index is -0.422. The molecule has 1 N–H and O–H groups in total. The molecule has 2 rings (SSSR count). The van der Waals surface area contributed by atoms with Gasteiger partial charge in [0.2, 0.25) is 0 Å². The maximum Gasteiger partial charge on any atom is 0.288 e. The van der Waals surface area contributed by atoms with Gasteiger partial charge in [-0.25, -0.2) is 0 Å². The molecule has 1 saturated heterocycles. The van der Waals surface area contributed by atoms with E-state index in [9.17, 15) is 10.1 Å². The van der Waals surface area contributed by atoms with Crippen LogP contribution in [0, 0.1) is 16.0 Å². The molecule has 0 amide bonds. The standard InChI is InChI=1S/C15H22ClN3O2.ClH/c1-2-17-10-12-5-7-18(8-6-12)11-13-3-4-14(16)15(9-13)19(20)21;/h3-4,9,12,17H,2,5-8,10-11H2,1H3;1H. The maximum atomic E-state index is 10.9. The van der Waals surface area contributed by atoms with E-state index in [1.165, 1.54) is 12.8 Å². The Balaban J connectivity index is 0.00000242. The lowest BCUT2D eigenvalue weighted by molar-refractivity contribution is -0.384. The summed E-state index contributed by atoms with van der Waals surface area (Å²) in [7, 11) is 0. The number of hydrogen-bond acceptors (Lipinski definition) is 4. The highest BCUT2D eigenvalue weighted by atomic mass is 35.5. The van der Waals surface area contributed by atoms with Crippen LogP contribution in [0.25, 0.3) is 0 Å². The smallest absolute Gasteiger partial charge is 0.288 e.